The summed E-state index contributed by atoms with van der Waals surface area (Å²) in [7, 11) is -2.00. The summed E-state index contributed by atoms with van der Waals surface area (Å²) < 4.78 is 29.7. The Hall–Kier alpha value is -2.80. The maximum absolute atomic E-state index is 12.8. The summed E-state index contributed by atoms with van der Waals surface area (Å²) in [6.45, 7) is 3.99. The van der Waals surface area contributed by atoms with Gasteiger partial charge >= 0.3 is 5.82 Å². The van der Waals surface area contributed by atoms with Crippen LogP contribution in [0.25, 0.3) is 0 Å². The third-order valence-corrected chi connectivity index (χ3v) is 6.84. The van der Waals surface area contributed by atoms with Crippen LogP contribution in [0.2, 0.25) is 0 Å². The number of hydrogen-bond acceptors (Lipinski definition) is 7. The quantitative estimate of drug-likeness (QED) is 0.485. The Morgan fingerprint density at radius 2 is 1.89 bits per heavy atom. The van der Waals surface area contributed by atoms with Crippen molar-refractivity contribution in [2.24, 2.45) is 7.05 Å². The van der Waals surface area contributed by atoms with E-state index in [9.17, 15) is 23.3 Å². The monoisotopic (exact) mass is 411 g/mol. The van der Waals surface area contributed by atoms with Crippen LogP contribution >= 0.6 is 0 Å². The smallest absolute Gasteiger partial charge is 0.358 e. The Morgan fingerprint density at radius 3 is 2.39 bits per heavy atom. The first-order valence-corrected chi connectivity index (χ1v) is 10.0. The lowest BCUT2D eigenvalue weighted by Gasteiger charge is -2.33. The average molecular weight is 411 g/mol. The number of piperazine rings is 1. The van der Waals surface area contributed by atoms with Crippen LogP contribution in [-0.2, 0) is 28.4 Å². The first-order valence-electron chi connectivity index (χ1n) is 8.56. The number of amides is 1. The minimum atomic E-state index is -3.67. The van der Waals surface area contributed by atoms with E-state index < -0.39 is 14.9 Å². The highest BCUT2D eigenvalue weighted by Crippen LogP contribution is 2.20. The van der Waals surface area contributed by atoms with Crippen LogP contribution in [0.3, 0.4) is 0 Å². The topological polar surface area (TPSA) is 136 Å². The van der Waals surface area contributed by atoms with Crippen LogP contribution in [-0.4, -0.2) is 74.2 Å². The number of carbonyl (C=O) groups excluding carboxylic acids is 1. The van der Waals surface area contributed by atoms with E-state index in [0.29, 0.717) is 11.4 Å². The van der Waals surface area contributed by atoms with Gasteiger partial charge in [0.2, 0.25) is 15.9 Å². The number of aromatic nitrogens is 4. The van der Waals surface area contributed by atoms with Crippen molar-refractivity contribution in [3.05, 3.63) is 33.8 Å². The van der Waals surface area contributed by atoms with E-state index in [1.807, 2.05) is 0 Å². The number of hydrogen-bond donors (Lipinski definition) is 0. The van der Waals surface area contributed by atoms with E-state index >= 15 is 0 Å². The van der Waals surface area contributed by atoms with E-state index in [1.165, 1.54) is 30.8 Å². The van der Waals surface area contributed by atoms with Crippen molar-refractivity contribution >= 4 is 21.7 Å². The summed E-state index contributed by atoms with van der Waals surface area (Å²) in [5.41, 5.74) is 1.06. The van der Waals surface area contributed by atoms with E-state index in [4.69, 9.17) is 0 Å². The molecule has 28 heavy (non-hydrogen) atoms. The summed E-state index contributed by atoms with van der Waals surface area (Å²) in [5.74, 6) is -0.580. The zero-order valence-electron chi connectivity index (χ0n) is 15.8. The van der Waals surface area contributed by atoms with Gasteiger partial charge in [0.15, 0.2) is 0 Å². The van der Waals surface area contributed by atoms with Crippen LogP contribution < -0.4 is 0 Å². The molecule has 0 atom stereocenters. The summed E-state index contributed by atoms with van der Waals surface area (Å²) in [5, 5.41) is 18.6. The van der Waals surface area contributed by atoms with Crippen molar-refractivity contribution in [2.75, 3.05) is 26.2 Å². The summed E-state index contributed by atoms with van der Waals surface area (Å²) in [6, 6.07) is 1.30. The molecule has 0 aliphatic carbocycles. The van der Waals surface area contributed by atoms with Gasteiger partial charge in [-0.3, -0.25) is 9.48 Å². The van der Waals surface area contributed by atoms with Gasteiger partial charge in [-0.2, -0.15) is 14.1 Å². The lowest BCUT2D eigenvalue weighted by molar-refractivity contribution is -0.389. The van der Waals surface area contributed by atoms with E-state index in [1.54, 1.807) is 20.9 Å². The van der Waals surface area contributed by atoms with Gasteiger partial charge < -0.3 is 15.0 Å². The summed E-state index contributed by atoms with van der Waals surface area (Å²) >= 11 is 0. The van der Waals surface area contributed by atoms with Gasteiger partial charge in [0.25, 0.3) is 0 Å². The largest absolute Gasteiger partial charge is 0.390 e. The predicted octanol–water partition coefficient (Wildman–Crippen LogP) is -0.325. The van der Waals surface area contributed by atoms with Crippen LogP contribution in [0.1, 0.15) is 11.4 Å². The number of sulfonamides is 1. The van der Waals surface area contributed by atoms with Crippen molar-refractivity contribution < 1.29 is 18.1 Å². The standard InChI is InChI=1S/C15H21N7O5S/c1-11-8-14(22(24)25)17-21(11)10-15(23)19-4-6-20(7-5-19)28(26,27)13-9-16-18(3)12(13)2/h8-9H,4-7,10H2,1-3H3. The molecule has 0 radical (unpaired) electrons. The maximum Gasteiger partial charge on any atom is 0.390 e. The molecule has 0 saturated carbocycles. The average Bonchev–Trinajstić information content (AvgIpc) is 3.18. The van der Waals surface area contributed by atoms with Gasteiger partial charge in [-0.1, -0.05) is 0 Å². The Labute approximate surface area is 161 Å². The van der Waals surface area contributed by atoms with Gasteiger partial charge in [0.05, 0.1) is 28.7 Å². The third-order valence-electron chi connectivity index (χ3n) is 4.84. The predicted molar refractivity (Wildman–Crippen MR) is 96.9 cm³/mol. The lowest BCUT2D eigenvalue weighted by atomic mass is 10.3. The second kappa shape index (κ2) is 7.31. The van der Waals surface area contributed by atoms with Crippen molar-refractivity contribution in [3.63, 3.8) is 0 Å². The molecule has 1 amide bonds. The van der Waals surface area contributed by atoms with E-state index in [2.05, 4.69) is 10.2 Å². The first-order chi connectivity index (χ1) is 13.1. The molecular weight excluding hydrogens is 390 g/mol. The normalized spacial score (nSPS) is 15.8. The molecule has 12 nitrogen and oxygen atoms in total. The second-order valence-corrected chi connectivity index (χ2v) is 8.47. The number of nitro groups is 1. The molecule has 2 aromatic rings. The fourth-order valence-electron chi connectivity index (χ4n) is 3.02. The SMILES string of the molecule is Cc1c(S(=O)(=O)N2CCN(C(=O)Cn3nc([N+](=O)[O-])cc3C)CC2)cnn1C. The third kappa shape index (κ3) is 3.62. The van der Waals surface area contributed by atoms with Crippen molar-refractivity contribution in [1.82, 2.24) is 28.8 Å². The van der Waals surface area contributed by atoms with Crippen molar-refractivity contribution in [3.8, 4) is 0 Å². The summed E-state index contributed by atoms with van der Waals surface area (Å²) in [4.78, 5) is 24.4. The van der Waals surface area contributed by atoms with Gasteiger partial charge in [0, 0.05) is 33.2 Å². The Morgan fingerprint density at radius 1 is 1.25 bits per heavy atom. The highest BCUT2D eigenvalue weighted by molar-refractivity contribution is 7.89. The molecule has 2 aromatic heterocycles. The zero-order valence-corrected chi connectivity index (χ0v) is 16.6. The highest BCUT2D eigenvalue weighted by atomic mass is 32.2. The number of aryl methyl sites for hydroxylation is 2. The first kappa shape index (κ1) is 19.9. The fraction of sp³-hybridized carbons (Fsp3) is 0.533. The molecule has 0 bridgehead atoms. The molecule has 152 valence electrons. The zero-order chi connectivity index (χ0) is 20.6. The maximum atomic E-state index is 12.8. The molecule has 1 saturated heterocycles. The Kier molecular flexibility index (Phi) is 5.21. The molecule has 0 N–H and O–H groups in total. The molecule has 3 rings (SSSR count). The Bertz CT molecular complexity index is 1020. The van der Waals surface area contributed by atoms with E-state index in [-0.39, 0.29) is 49.3 Å². The summed E-state index contributed by atoms with van der Waals surface area (Å²) in [6.07, 6.45) is 1.33. The van der Waals surface area contributed by atoms with Crippen LogP contribution in [0, 0.1) is 24.0 Å². The number of rotatable bonds is 5. The Balaban J connectivity index is 1.64. The molecule has 0 aromatic carbocycles. The van der Waals surface area contributed by atoms with Gasteiger partial charge in [0.1, 0.15) is 11.4 Å². The van der Waals surface area contributed by atoms with Crippen LogP contribution in [0.4, 0.5) is 5.82 Å². The second-order valence-electron chi connectivity index (χ2n) is 6.56. The number of carbonyl (C=O) groups is 1. The number of nitrogens with zero attached hydrogens (tertiary/aromatic N) is 7. The fourth-order valence-corrected chi connectivity index (χ4v) is 4.63. The molecule has 1 fully saturated rings. The molecule has 1 aliphatic rings. The molecule has 0 unspecified atom stereocenters. The van der Waals surface area contributed by atoms with Crippen LogP contribution in [0.15, 0.2) is 17.2 Å². The minimum Gasteiger partial charge on any atom is -0.358 e. The van der Waals surface area contributed by atoms with Gasteiger partial charge in [-0.05, 0) is 18.8 Å². The van der Waals surface area contributed by atoms with Crippen molar-refractivity contribution in [2.45, 2.75) is 25.3 Å². The minimum absolute atomic E-state index is 0.131. The molecule has 1 aliphatic heterocycles. The highest BCUT2D eigenvalue weighted by Gasteiger charge is 2.32. The molecular formula is C15H21N7O5S. The molecule has 0 spiro atoms. The van der Waals surface area contributed by atoms with Crippen molar-refractivity contribution in [1.29, 1.82) is 0 Å². The molecule has 13 heteroatoms. The van der Waals surface area contributed by atoms with Crippen LogP contribution in [0.5, 0.6) is 0 Å². The lowest BCUT2D eigenvalue weighted by Crippen LogP contribution is -2.51. The molecule has 3 heterocycles. The van der Waals surface area contributed by atoms with Gasteiger partial charge in [-0.15, -0.1) is 0 Å². The van der Waals surface area contributed by atoms with E-state index in [0.717, 1.165) is 0 Å². The van der Waals surface area contributed by atoms with Gasteiger partial charge in [-0.25, -0.2) is 8.42 Å².